The minimum absolute atomic E-state index is 0.0468. The Labute approximate surface area is 104 Å². The number of benzene rings is 1. The summed E-state index contributed by atoms with van der Waals surface area (Å²) in [5.74, 6) is -0.288. The molecule has 94 valence electrons. The molecule has 1 aromatic heterocycles. The SMILES string of the molecule is CCc1occc1C(=O)Nc1ccc(N)c(F)c1. The minimum Gasteiger partial charge on any atom is -0.469 e. The monoisotopic (exact) mass is 248 g/mol. The fraction of sp³-hybridized carbons (Fsp3) is 0.154. The number of halogens is 1. The molecule has 1 heterocycles. The van der Waals surface area contributed by atoms with Gasteiger partial charge in [-0.05, 0) is 24.3 Å². The van der Waals surface area contributed by atoms with Crippen LogP contribution in [-0.2, 0) is 6.42 Å². The van der Waals surface area contributed by atoms with Gasteiger partial charge in [0.2, 0.25) is 0 Å². The van der Waals surface area contributed by atoms with Crippen LogP contribution in [0, 0.1) is 5.82 Å². The molecule has 0 saturated carbocycles. The van der Waals surface area contributed by atoms with Crippen molar-refractivity contribution in [1.29, 1.82) is 0 Å². The molecule has 0 aliphatic rings. The smallest absolute Gasteiger partial charge is 0.259 e. The maximum atomic E-state index is 13.2. The number of anilines is 2. The summed E-state index contributed by atoms with van der Waals surface area (Å²) in [7, 11) is 0. The normalized spacial score (nSPS) is 10.3. The first kappa shape index (κ1) is 12.2. The molecule has 0 aliphatic heterocycles. The number of carbonyl (C=O) groups is 1. The lowest BCUT2D eigenvalue weighted by atomic mass is 10.2. The predicted molar refractivity (Wildman–Crippen MR) is 66.9 cm³/mol. The third-order valence-electron chi connectivity index (χ3n) is 2.57. The van der Waals surface area contributed by atoms with E-state index in [4.69, 9.17) is 10.2 Å². The number of aryl methyl sites for hydroxylation is 1. The van der Waals surface area contributed by atoms with Gasteiger partial charge in [-0.1, -0.05) is 6.92 Å². The minimum atomic E-state index is -0.560. The van der Waals surface area contributed by atoms with Crippen LogP contribution >= 0.6 is 0 Å². The first-order valence-electron chi connectivity index (χ1n) is 5.54. The average Bonchev–Trinajstić information content (AvgIpc) is 2.82. The molecule has 1 amide bonds. The van der Waals surface area contributed by atoms with Crippen LogP contribution in [0.15, 0.2) is 34.9 Å². The summed E-state index contributed by atoms with van der Waals surface area (Å²) >= 11 is 0. The van der Waals surface area contributed by atoms with Crippen molar-refractivity contribution in [2.45, 2.75) is 13.3 Å². The second-order valence-electron chi connectivity index (χ2n) is 3.80. The van der Waals surface area contributed by atoms with Gasteiger partial charge in [0.1, 0.15) is 11.6 Å². The van der Waals surface area contributed by atoms with Gasteiger partial charge in [-0.25, -0.2) is 4.39 Å². The summed E-state index contributed by atoms with van der Waals surface area (Å²) < 4.78 is 18.4. The van der Waals surface area contributed by atoms with Crippen molar-refractivity contribution in [3.63, 3.8) is 0 Å². The van der Waals surface area contributed by atoms with Crippen LogP contribution in [0.5, 0.6) is 0 Å². The van der Waals surface area contributed by atoms with E-state index in [9.17, 15) is 9.18 Å². The van der Waals surface area contributed by atoms with Crippen molar-refractivity contribution in [2.24, 2.45) is 0 Å². The van der Waals surface area contributed by atoms with Crippen molar-refractivity contribution >= 4 is 17.3 Å². The van der Waals surface area contributed by atoms with Gasteiger partial charge in [0.05, 0.1) is 17.5 Å². The lowest BCUT2D eigenvalue weighted by molar-refractivity contribution is 0.102. The highest BCUT2D eigenvalue weighted by molar-refractivity contribution is 6.05. The Morgan fingerprint density at radius 3 is 2.89 bits per heavy atom. The maximum Gasteiger partial charge on any atom is 0.259 e. The average molecular weight is 248 g/mol. The Balaban J connectivity index is 2.19. The molecule has 3 N–H and O–H groups in total. The Morgan fingerprint density at radius 1 is 1.44 bits per heavy atom. The van der Waals surface area contributed by atoms with Crippen molar-refractivity contribution < 1.29 is 13.6 Å². The zero-order valence-electron chi connectivity index (χ0n) is 9.87. The number of nitrogen functional groups attached to an aromatic ring is 1. The molecule has 0 saturated heterocycles. The van der Waals surface area contributed by atoms with Gasteiger partial charge in [-0.15, -0.1) is 0 Å². The second kappa shape index (κ2) is 4.91. The number of carbonyl (C=O) groups excluding carboxylic acids is 1. The second-order valence-corrected chi connectivity index (χ2v) is 3.80. The molecule has 1 aromatic carbocycles. The third-order valence-corrected chi connectivity index (χ3v) is 2.57. The van der Waals surface area contributed by atoms with Crippen LogP contribution in [-0.4, -0.2) is 5.91 Å². The van der Waals surface area contributed by atoms with Crippen molar-refractivity contribution in [1.82, 2.24) is 0 Å². The van der Waals surface area contributed by atoms with Crippen molar-refractivity contribution in [3.05, 3.63) is 47.7 Å². The van der Waals surface area contributed by atoms with Crippen LogP contribution in [0.3, 0.4) is 0 Å². The highest BCUT2D eigenvalue weighted by Gasteiger charge is 2.13. The van der Waals surface area contributed by atoms with E-state index in [2.05, 4.69) is 5.32 Å². The number of furan rings is 1. The van der Waals surface area contributed by atoms with E-state index in [0.717, 1.165) is 0 Å². The van der Waals surface area contributed by atoms with E-state index in [1.54, 1.807) is 12.1 Å². The molecule has 4 nitrogen and oxygen atoms in total. The number of hydrogen-bond acceptors (Lipinski definition) is 3. The highest BCUT2D eigenvalue weighted by atomic mass is 19.1. The molecule has 2 aromatic rings. The summed E-state index contributed by atoms with van der Waals surface area (Å²) in [5, 5.41) is 2.59. The maximum absolute atomic E-state index is 13.2. The van der Waals surface area contributed by atoms with Gasteiger partial charge >= 0.3 is 0 Å². The van der Waals surface area contributed by atoms with E-state index >= 15 is 0 Å². The van der Waals surface area contributed by atoms with E-state index in [1.165, 1.54) is 18.4 Å². The third kappa shape index (κ3) is 2.34. The Bertz CT molecular complexity index is 578. The fourth-order valence-corrected chi connectivity index (χ4v) is 1.62. The number of rotatable bonds is 3. The fourth-order valence-electron chi connectivity index (χ4n) is 1.62. The van der Waals surface area contributed by atoms with Gasteiger partial charge < -0.3 is 15.5 Å². The Hall–Kier alpha value is -2.30. The molecular formula is C13H13FN2O2. The molecule has 0 fully saturated rings. The van der Waals surface area contributed by atoms with Gasteiger partial charge in [0.15, 0.2) is 0 Å². The lowest BCUT2D eigenvalue weighted by Gasteiger charge is -2.06. The van der Waals surface area contributed by atoms with Crippen LogP contribution < -0.4 is 11.1 Å². The van der Waals surface area contributed by atoms with Crippen LogP contribution in [0.1, 0.15) is 23.0 Å². The molecule has 2 rings (SSSR count). The van der Waals surface area contributed by atoms with Gasteiger partial charge in [-0.2, -0.15) is 0 Å². The van der Waals surface area contributed by atoms with E-state index in [1.807, 2.05) is 6.92 Å². The van der Waals surface area contributed by atoms with Crippen molar-refractivity contribution in [2.75, 3.05) is 11.1 Å². The molecule has 0 spiro atoms. The number of nitrogens with one attached hydrogen (secondary N) is 1. The van der Waals surface area contributed by atoms with Crippen LogP contribution in [0.2, 0.25) is 0 Å². The van der Waals surface area contributed by atoms with Crippen molar-refractivity contribution in [3.8, 4) is 0 Å². The number of hydrogen-bond donors (Lipinski definition) is 2. The summed E-state index contributed by atoms with van der Waals surface area (Å²) in [6.07, 6.45) is 2.07. The van der Waals surface area contributed by atoms with Crippen LogP contribution in [0.4, 0.5) is 15.8 Å². The zero-order valence-corrected chi connectivity index (χ0v) is 9.87. The first-order chi connectivity index (χ1) is 8.61. The summed E-state index contributed by atoms with van der Waals surface area (Å²) in [6.45, 7) is 1.89. The van der Waals surface area contributed by atoms with Gasteiger partial charge in [-0.3, -0.25) is 4.79 Å². The topological polar surface area (TPSA) is 68.3 Å². The zero-order chi connectivity index (χ0) is 13.1. The molecule has 0 atom stereocenters. The Morgan fingerprint density at radius 2 is 2.22 bits per heavy atom. The molecule has 5 heteroatoms. The first-order valence-corrected chi connectivity index (χ1v) is 5.54. The van der Waals surface area contributed by atoms with E-state index in [0.29, 0.717) is 23.4 Å². The Kier molecular flexibility index (Phi) is 3.32. The number of nitrogens with two attached hydrogens (primary N) is 1. The summed E-state index contributed by atoms with van der Waals surface area (Å²) in [6, 6.07) is 5.71. The quantitative estimate of drug-likeness (QED) is 0.820. The van der Waals surface area contributed by atoms with E-state index in [-0.39, 0.29) is 11.6 Å². The molecule has 0 bridgehead atoms. The summed E-state index contributed by atoms with van der Waals surface area (Å²) in [4.78, 5) is 11.9. The summed E-state index contributed by atoms with van der Waals surface area (Å²) in [5.41, 5.74) is 6.21. The van der Waals surface area contributed by atoms with Crippen LogP contribution in [0.25, 0.3) is 0 Å². The predicted octanol–water partition coefficient (Wildman–Crippen LogP) is 2.82. The van der Waals surface area contributed by atoms with E-state index < -0.39 is 5.82 Å². The van der Waals surface area contributed by atoms with Gasteiger partial charge in [0, 0.05) is 12.1 Å². The molecule has 18 heavy (non-hydrogen) atoms. The number of amides is 1. The standard InChI is InChI=1S/C13H13FN2O2/c1-2-12-9(5-6-18-12)13(17)16-8-3-4-11(15)10(14)7-8/h3-7H,2,15H2,1H3,(H,16,17). The highest BCUT2D eigenvalue weighted by Crippen LogP contribution is 2.18. The lowest BCUT2D eigenvalue weighted by Crippen LogP contribution is -2.13. The van der Waals surface area contributed by atoms with Gasteiger partial charge in [0.25, 0.3) is 5.91 Å². The molecule has 0 aliphatic carbocycles. The molecule has 0 radical (unpaired) electrons. The molecule has 0 unspecified atom stereocenters. The largest absolute Gasteiger partial charge is 0.469 e. The molecular weight excluding hydrogens is 235 g/mol.